The second kappa shape index (κ2) is 9.87. The molecule has 0 aliphatic rings. The van der Waals surface area contributed by atoms with Gasteiger partial charge in [0.15, 0.2) is 11.5 Å². The van der Waals surface area contributed by atoms with Gasteiger partial charge in [-0.1, -0.05) is 17.7 Å². The molecular formula is C20H24N2O4S. The molecule has 0 radical (unpaired) electrons. The first kappa shape index (κ1) is 20.6. The maximum atomic E-state index is 12.3. The van der Waals surface area contributed by atoms with Gasteiger partial charge in [-0.3, -0.25) is 4.79 Å². The van der Waals surface area contributed by atoms with Gasteiger partial charge >= 0.3 is 0 Å². The summed E-state index contributed by atoms with van der Waals surface area (Å²) in [5.74, 6) is 1.32. The summed E-state index contributed by atoms with van der Waals surface area (Å²) in [7, 11) is 4.62. The number of rotatable bonds is 8. The van der Waals surface area contributed by atoms with E-state index in [0.29, 0.717) is 22.8 Å². The van der Waals surface area contributed by atoms with E-state index in [0.717, 1.165) is 4.90 Å². The third kappa shape index (κ3) is 5.40. The number of methoxy groups -OCH3 is 3. The van der Waals surface area contributed by atoms with Gasteiger partial charge in [0.1, 0.15) is 0 Å². The van der Waals surface area contributed by atoms with Gasteiger partial charge in [-0.25, -0.2) is 5.43 Å². The van der Waals surface area contributed by atoms with E-state index in [9.17, 15) is 4.79 Å². The maximum absolute atomic E-state index is 12.3. The number of nitrogens with zero attached hydrogens (tertiary/aromatic N) is 1. The summed E-state index contributed by atoms with van der Waals surface area (Å²) < 4.78 is 16.0. The van der Waals surface area contributed by atoms with Crippen LogP contribution < -0.4 is 19.6 Å². The normalized spacial score (nSPS) is 11.9. The molecule has 0 unspecified atom stereocenters. The highest BCUT2D eigenvalue weighted by atomic mass is 32.2. The minimum Gasteiger partial charge on any atom is -0.493 e. The van der Waals surface area contributed by atoms with Gasteiger partial charge in [-0.2, -0.15) is 5.10 Å². The Morgan fingerprint density at radius 1 is 1.04 bits per heavy atom. The van der Waals surface area contributed by atoms with Crippen molar-refractivity contribution in [2.75, 3.05) is 21.3 Å². The SMILES string of the molecule is COc1ccc(/C=N\NC(=O)[C@@H](C)Sc2ccc(C)cc2)c(OC)c1OC. The molecule has 0 aliphatic carbocycles. The van der Waals surface area contributed by atoms with Crippen LogP contribution in [-0.4, -0.2) is 38.7 Å². The number of ether oxygens (including phenoxy) is 3. The molecule has 0 bridgehead atoms. The number of hydrazone groups is 1. The van der Waals surface area contributed by atoms with Crippen LogP contribution in [0.1, 0.15) is 18.1 Å². The number of amides is 1. The van der Waals surface area contributed by atoms with E-state index < -0.39 is 0 Å². The Morgan fingerprint density at radius 3 is 2.30 bits per heavy atom. The number of benzene rings is 2. The van der Waals surface area contributed by atoms with Gasteiger partial charge in [0.2, 0.25) is 5.75 Å². The summed E-state index contributed by atoms with van der Waals surface area (Å²) in [6, 6.07) is 11.6. The number of hydrogen-bond acceptors (Lipinski definition) is 6. The van der Waals surface area contributed by atoms with Crippen molar-refractivity contribution in [3.8, 4) is 17.2 Å². The van der Waals surface area contributed by atoms with Gasteiger partial charge in [-0.05, 0) is 38.1 Å². The lowest BCUT2D eigenvalue weighted by Gasteiger charge is -2.13. The van der Waals surface area contributed by atoms with Crippen molar-refractivity contribution in [1.29, 1.82) is 0 Å². The van der Waals surface area contributed by atoms with Crippen molar-refractivity contribution < 1.29 is 19.0 Å². The van der Waals surface area contributed by atoms with Crippen molar-refractivity contribution in [3.63, 3.8) is 0 Å². The molecule has 0 aromatic heterocycles. The first-order chi connectivity index (χ1) is 13.0. The summed E-state index contributed by atoms with van der Waals surface area (Å²) in [4.78, 5) is 13.3. The molecule has 1 atom stereocenters. The summed E-state index contributed by atoms with van der Waals surface area (Å²) in [5.41, 5.74) is 4.41. The Labute approximate surface area is 163 Å². The molecule has 1 N–H and O–H groups in total. The second-order valence-electron chi connectivity index (χ2n) is 5.73. The molecule has 0 aliphatic heterocycles. The number of thioether (sulfide) groups is 1. The molecule has 2 rings (SSSR count). The third-order valence-corrected chi connectivity index (χ3v) is 4.93. The molecule has 2 aromatic carbocycles. The molecule has 2 aromatic rings. The van der Waals surface area contributed by atoms with Crippen LogP contribution in [0, 0.1) is 6.92 Å². The van der Waals surface area contributed by atoms with Crippen LogP contribution in [0.3, 0.4) is 0 Å². The topological polar surface area (TPSA) is 69.2 Å². The Bertz CT molecular complexity index is 806. The molecular weight excluding hydrogens is 364 g/mol. The largest absolute Gasteiger partial charge is 0.493 e. The summed E-state index contributed by atoms with van der Waals surface area (Å²) in [6.07, 6.45) is 1.52. The zero-order valence-corrected chi connectivity index (χ0v) is 16.9. The van der Waals surface area contributed by atoms with Crippen LogP contribution in [-0.2, 0) is 4.79 Å². The third-order valence-electron chi connectivity index (χ3n) is 3.82. The lowest BCUT2D eigenvalue weighted by molar-refractivity contribution is -0.120. The molecule has 6 nitrogen and oxygen atoms in total. The molecule has 27 heavy (non-hydrogen) atoms. The van der Waals surface area contributed by atoms with E-state index in [1.807, 2.05) is 38.1 Å². The fourth-order valence-corrected chi connectivity index (χ4v) is 3.22. The number of nitrogens with one attached hydrogen (secondary N) is 1. The number of hydrogen-bond donors (Lipinski definition) is 1. The quantitative estimate of drug-likeness (QED) is 0.425. The lowest BCUT2D eigenvalue weighted by atomic mass is 10.2. The van der Waals surface area contributed by atoms with Crippen molar-refractivity contribution in [1.82, 2.24) is 5.43 Å². The average Bonchev–Trinajstić information content (AvgIpc) is 2.68. The fourth-order valence-electron chi connectivity index (χ4n) is 2.36. The molecule has 144 valence electrons. The van der Waals surface area contributed by atoms with Gasteiger partial charge in [0, 0.05) is 10.5 Å². The second-order valence-corrected chi connectivity index (χ2v) is 7.15. The van der Waals surface area contributed by atoms with Gasteiger partial charge < -0.3 is 14.2 Å². The van der Waals surface area contributed by atoms with Crippen LogP contribution in [0.15, 0.2) is 46.4 Å². The van der Waals surface area contributed by atoms with Crippen LogP contribution >= 0.6 is 11.8 Å². The molecule has 7 heteroatoms. The minimum absolute atomic E-state index is 0.184. The highest BCUT2D eigenvalue weighted by Gasteiger charge is 2.16. The monoisotopic (exact) mass is 388 g/mol. The van der Waals surface area contributed by atoms with E-state index >= 15 is 0 Å². The lowest BCUT2D eigenvalue weighted by Crippen LogP contribution is -2.26. The predicted molar refractivity (Wildman–Crippen MR) is 108 cm³/mol. The Hall–Kier alpha value is -2.67. The number of carbonyl (C=O) groups excluding carboxylic acids is 1. The van der Waals surface area contributed by atoms with Gasteiger partial charge in [-0.15, -0.1) is 11.8 Å². The zero-order chi connectivity index (χ0) is 19.8. The summed E-state index contributed by atoms with van der Waals surface area (Å²) in [5, 5.41) is 3.76. The number of carbonyl (C=O) groups is 1. The van der Waals surface area contributed by atoms with E-state index in [1.54, 1.807) is 19.2 Å². The van der Waals surface area contributed by atoms with Gasteiger partial charge in [0.25, 0.3) is 5.91 Å². The summed E-state index contributed by atoms with van der Waals surface area (Å²) >= 11 is 1.48. The van der Waals surface area contributed by atoms with E-state index in [4.69, 9.17) is 14.2 Å². The van der Waals surface area contributed by atoms with Crippen LogP contribution in [0.2, 0.25) is 0 Å². The maximum Gasteiger partial charge on any atom is 0.253 e. The molecule has 0 fully saturated rings. The Morgan fingerprint density at radius 2 is 1.70 bits per heavy atom. The molecule has 0 spiro atoms. The average molecular weight is 388 g/mol. The van der Waals surface area contributed by atoms with Crippen molar-refractivity contribution in [2.45, 2.75) is 24.0 Å². The molecule has 0 saturated heterocycles. The first-order valence-electron chi connectivity index (χ1n) is 8.35. The van der Waals surface area contributed by atoms with Crippen molar-refractivity contribution in [2.24, 2.45) is 5.10 Å². The zero-order valence-electron chi connectivity index (χ0n) is 16.1. The van der Waals surface area contributed by atoms with Crippen LogP contribution in [0.4, 0.5) is 0 Å². The van der Waals surface area contributed by atoms with Crippen LogP contribution in [0.25, 0.3) is 0 Å². The van der Waals surface area contributed by atoms with Gasteiger partial charge in [0.05, 0.1) is 32.8 Å². The van der Waals surface area contributed by atoms with E-state index in [-0.39, 0.29) is 11.2 Å². The number of aryl methyl sites for hydroxylation is 1. The Kier molecular flexibility index (Phi) is 7.55. The minimum atomic E-state index is -0.280. The smallest absolute Gasteiger partial charge is 0.253 e. The van der Waals surface area contributed by atoms with Crippen molar-refractivity contribution in [3.05, 3.63) is 47.5 Å². The summed E-state index contributed by atoms with van der Waals surface area (Å²) in [6.45, 7) is 3.87. The Balaban J connectivity index is 2.03. The highest BCUT2D eigenvalue weighted by molar-refractivity contribution is 8.00. The van der Waals surface area contributed by atoms with Crippen molar-refractivity contribution >= 4 is 23.9 Å². The molecule has 0 heterocycles. The van der Waals surface area contributed by atoms with E-state index in [2.05, 4.69) is 10.5 Å². The van der Waals surface area contributed by atoms with E-state index in [1.165, 1.54) is 37.8 Å². The highest BCUT2D eigenvalue weighted by Crippen LogP contribution is 2.38. The molecule has 0 saturated carbocycles. The fraction of sp³-hybridized carbons (Fsp3) is 0.300. The molecule has 1 amide bonds. The first-order valence-corrected chi connectivity index (χ1v) is 9.23. The predicted octanol–water partition coefficient (Wildman–Crippen LogP) is 3.65. The van der Waals surface area contributed by atoms with Crippen LogP contribution in [0.5, 0.6) is 17.2 Å². The standard InChI is InChI=1S/C20H24N2O4S/c1-13-6-9-16(10-7-13)27-14(2)20(23)22-21-12-15-8-11-17(24-3)19(26-5)18(15)25-4/h6-12,14H,1-5H3,(H,22,23)/b21-12-/t14-/m1/s1.